The maximum Gasteiger partial charge on any atom is 0.338 e. The number of esters is 2. The maximum absolute atomic E-state index is 11.8. The molecule has 7 nitrogen and oxygen atoms in total. The molecule has 0 aliphatic rings. The lowest BCUT2D eigenvalue weighted by atomic mass is 10.1. The van der Waals surface area contributed by atoms with Crippen molar-refractivity contribution in [2.75, 3.05) is 14.2 Å². The minimum absolute atomic E-state index is 0.212. The summed E-state index contributed by atoms with van der Waals surface area (Å²) in [5.41, 5.74) is 2.28. The first-order valence-corrected chi connectivity index (χ1v) is 8.14. The number of rotatable bonds is 6. The lowest BCUT2D eigenvalue weighted by Crippen LogP contribution is -2.08. The molecule has 1 heterocycles. The average molecular weight is 366 g/mol. The van der Waals surface area contributed by atoms with Crippen LogP contribution in [-0.4, -0.2) is 35.9 Å². The van der Waals surface area contributed by atoms with Crippen molar-refractivity contribution in [2.24, 2.45) is 0 Å². The summed E-state index contributed by atoms with van der Waals surface area (Å²) in [5, 5.41) is 4.18. The molecule has 2 aromatic carbocycles. The predicted octanol–water partition coefficient (Wildman–Crippen LogP) is 3.02. The van der Waals surface area contributed by atoms with Crippen LogP contribution in [0.25, 0.3) is 5.69 Å². The molecule has 0 aliphatic carbocycles. The first kappa shape index (κ1) is 18.2. The molecule has 27 heavy (non-hydrogen) atoms. The minimum Gasteiger partial charge on any atom is -0.489 e. The van der Waals surface area contributed by atoms with E-state index >= 15 is 0 Å². The van der Waals surface area contributed by atoms with Gasteiger partial charge in [-0.1, -0.05) is 12.1 Å². The number of methoxy groups -OCH3 is 2. The Morgan fingerprint density at radius 1 is 0.963 bits per heavy atom. The molecule has 1 aromatic heterocycles. The van der Waals surface area contributed by atoms with Gasteiger partial charge < -0.3 is 14.2 Å². The summed E-state index contributed by atoms with van der Waals surface area (Å²) in [6.07, 6.45) is 3.57. The summed E-state index contributed by atoms with van der Waals surface area (Å²) in [7, 11) is 2.55. The second-order valence-corrected chi connectivity index (χ2v) is 5.63. The van der Waals surface area contributed by atoms with Crippen LogP contribution >= 0.6 is 0 Å². The zero-order chi connectivity index (χ0) is 19.2. The maximum atomic E-state index is 11.8. The molecule has 3 rings (SSSR count). The third-order valence-corrected chi connectivity index (χ3v) is 3.86. The third kappa shape index (κ3) is 4.33. The van der Waals surface area contributed by atoms with E-state index in [1.807, 2.05) is 36.5 Å². The molecule has 0 N–H and O–H groups in total. The van der Waals surface area contributed by atoms with Gasteiger partial charge in [0.1, 0.15) is 12.4 Å². The molecule has 0 saturated heterocycles. The van der Waals surface area contributed by atoms with Crippen LogP contribution in [0.4, 0.5) is 0 Å². The molecule has 0 spiro atoms. The molecular formula is C20H18N2O5. The van der Waals surface area contributed by atoms with Crippen molar-refractivity contribution in [3.8, 4) is 11.4 Å². The van der Waals surface area contributed by atoms with Crippen molar-refractivity contribution in [2.45, 2.75) is 6.61 Å². The first-order chi connectivity index (χ1) is 13.1. The van der Waals surface area contributed by atoms with E-state index in [1.54, 1.807) is 10.9 Å². The topological polar surface area (TPSA) is 79.7 Å². The number of ether oxygens (including phenoxy) is 3. The monoisotopic (exact) mass is 366 g/mol. The summed E-state index contributed by atoms with van der Waals surface area (Å²) >= 11 is 0. The van der Waals surface area contributed by atoms with Crippen LogP contribution < -0.4 is 4.74 Å². The van der Waals surface area contributed by atoms with E-state index in [4.69, 9.17) is 14.2 Å². The van der Waals surface area contributed by atoms with Crippen molar-refractivity contribution in [3.05, 3.63) is 77.6 Å². The lowest BCUT2D eigenvalue weighted by Gasteiger charge is -2.10. The number of carbonyl (C=O) groups excluding carboxylic acids is 2. The van der Waals surface area contributed by atoms with Gasteiger partial charge in [-0.3, -0.25) is 0 Å². The summed E-state index contributed by atoms with van der Waals surface area (Å²) in [6, 6.07) is 14.0. The number of benzene rings is 2. The van der Waals surface area contributed by atoms with E-state index in [2.05, 4.69) is 5.10 Å². The number of hydrogen-bond donors (Lipinski definition) is 0. The molecule has 3 aromatic rings. The van der Waals surface area contributed by atoms with Crippen LogP contribution in [0.3, 0.4) is 0 Å². The van der Waals surface area contributed by atoms with Gasteiger partial charge in [-0.05, 0) is 42.0 Å². The Kier molecular flexibility index (Phi) is 5.51. The van der Waals surface area contributed by atoms with Crippen molar-refractivity contribution in [3.63, 3.8) is 0 Å². The summed E-state index contributed by atoms with van der Waals surface area (Å²) < 4.78 is 16.9. The van der Waals surface area contributed by atoms with Gasteiger partial charge in [-0.2, -0.15) is 5.10 Å². The molecule has 0 atom stereocenters. The Hall–Kier alpha value is -3.61. The van der Waals surface area contributed by atoms with Crippen LogP contribution in [0.15, 0.2) is 60.9 Å². The SMILES string of the molecule is COC(=O)c1cc(OCc2ccc(-n3cccn3)cc2)cc(C(=O)OC)c1. The molecule has 0 amide bonds. The molecule has 7 heteroatoms. The molecule has 0 aliphatic heterocycles. The normalized spacial score (nSPS) is 10.3. The van der Waals surface area contributed by atoms with E-state index in [1.165, 1.54) is 32.4 Å². The van der Waals surface area contributed by atoms with Gasteiger partial charge in [-0.15, -0.1) is 0 Å². The molecule has 0 bridgehead atoms. The highest BCUT2D eigenvalue weighted by atomic mass is 16.5. The average Bonchev–Trinajstić information content (AvgIpc) is 3.26. The van der Waals surface area contributed by atoms with E-state index in [0.29, 0.717) is 5.75 Å². The fourth-order valence-electron chi connectivity index (χ4n) is 2.49. The van der Waals surface area contributed by atoms with Gasteiger partial charge in [0.15, 0.2) is 0 Å². The van der Waals surface area contributed by atoms with Crippen LogP contribution in [0.5, 0.6) is 5.75 Å². The summed E-state index contributed by atoms with van der Waals surface area (Å²) in [6.45, 7) is 0.268. The van der Waals surface area contributed by atoms with E-state index in [-0.39, 0.29) is 17.7 Å². The van der Waals surface area contributed by atoms with Gasteiger partial charge >= 0.3 is 11.9 Å². The zero-order valence-corrected chi connectivity index (χ0v) is 14.9. The largest absolute Gasteiger partial charge is 0.489 e. The fourth-order valence-corrected chi connectivity index (χ4v) is 2.49. The van der Waals surface area contributed by atoms with Crippen LogP contribution in [0, 0.1) is 0 Å². The Morgan fingerprint density at radius 3 is 2.11 bits per heavy atom. The summed E-state index contributed by atoms with van der Waals surface area (Å²) in [4.78, 5) is 23.6. The molecule has 0 fully saturated rings. The predicted molar refractivity (Wildman–Crippen MR) is 97.0 cm³/mol. The lowest BCUT2D eigenvalue weighted by molar-refractivity contribution is 0.0598. The summed E-state index contributed by atoms with van der Waals surface area (Å²) in [5.74, 6) is -0.752. The van der Waals surface area contributed by atoms with E-state index in [9.17, 15) is 9.59 Å². The number of nitrogens with zero attached hydrogens (tertiary/aromatic N) is 2. The first-order valence-electron chi connectivity index (χ1n) is 8.14. The smallest absolute Gasteiger partial charge is 0.338 e. The Bertz CT molecular complexity index is 899. The third-order valence-electron chi connectivity index (χ3n) is 3.86. The Labute approximate surface area is 156 Å². The molecule has 138 valence electrons. The molecular weight excluding hydrogens is 348 g/mol. The number of aromatic nitrogens is 2. The van der Waals surface area contributed by atoms with Gasteiger partial charge in [0.25, 0.3) is 0 Å². The Balaban J connectivity index is 1.76. The van der Waals surface area contributed by atoms with Crippen molar-refractivity contribution >= 4 is 11.9 Å². The number of carbonyl (C=O) groups is 2. The Morgan fingerprint density at radius 2 is 1.59 bits per heavy atom. The van der Waals surface area contributed by atoms with Gasteiger partial charge in [-0.25, -0.2) is 14.3 Å². The highest BCUT2D eigenvalue weighted by molar-refractivity contribution is 5.96. The van der Waals surface area contributed by atoms with Crippen molar-refractivity contribution < 1.29 is 23.8 Å². The second-order valence-electron chi connectivity index (χ2n) is 5.63. The van der Waals surface area contributed by atoms with Crippen LogP contribution in [0.1, 0.15) is 26.3 Å². The molecule has 0 radical (unpaired) electrons. The van der Waals surface area contributed by atoms with E-state index < -0.39 is 11.9 Å². The zero-order valence-electron chi connectivity index (χ0n) is 14.9. The molecule has 0 saturated carbocycles. The van der Waals surface area contributed by atoms with Crippen molar-refractivity contribution in [1.82, 2.24) is 9.78 Å². The van der Waals surface area contributed by atoms with Crippen LogP contribution in [0.2, 0.25) is 0 Å². The quantitative estimate of drug-likeness (QED) is 0.624. The second kappa shape index (κ2) is 8.18. The highest BCUT2D eigenvalue weighted by Gasteiger charge is 2.14. The highest BCUT2D eigenvalue weighted by Crippen LogP contribution is 2.20. The fraction of sp³-hybridized carbons (Fsp3) is 0.150. The number of hydrogen-bond acceptors (Lipinski definition) is 6. The van der Waals surface area contributed by atoms with E-state index in [0.717, 1.165) is 11.3 Å². The van der Waals surface area contributed by atoms with Crippen molar-refractivity contribution in [1.29, 1.82) is 0 Å². The molecule has 0 unspecified atom stereocenters. The standard InChI is InChI=1S/C20H18N2O5/c1-25-19(23)15-10-16(20(24)26-2)12-18(11-15)27-13-14-4-6-17(7-5-14)22-9-3-8-21-22/h3-12H,13H2,1-2H3. The van der Waals surface area contributed by atoms with Gasteiger partial charge in [0.05, 0.1) is 31.0 Å². The van der Waals surface area contributed by atoms with Gasteiger partial charge in [0.2, 0.25) is 0 Å². The van der Waals surface area contributed by atoms with Crippen LogP contribution in [-0.2, 0) is 16.1 Å². The van der Waals surface area contributed by atoms with Gasteiger partial charge in [0, 0.05) is 12.4 Å². The minimum atomic E-state index is -0.561.